The molecule has 2 unspecified atom stereocenters. The summed E-state index contributed by atoms with van der Waals surface area (Å²) in [6, 6.07) is 0.223. The van der Waals surface area contributed by atoms with Gasteiger partial charge in [-0.3, -0.25) is 9.59 Å². The van der Waals surface area contributed by atoms with Crippen LogP contribution in [0.25, 0.3) is 0 Å². The van der Waals surface area contributed by atoms with Crippen LogP contribution in [0.1, 0.15) is 40.0 Å². The van der Waals surface area contributed by atoms with Gasteiger partial charge in [-0.25, -0.2) is 0 Å². The molecule has 110 valence electrons. The molecule has 1 aliphatic heterocycles. The van der Waals surface area contributed by atoms with Gasteiger partial charge >= 0.3 is 5.97 Å². The smallest absolute Gasteiger partial charge is 0.303 e. The fourth-order valence-corrected chi connectivity index (χ4v) is 2.58. The fraction of sp³-hybridized carbons (Fsp3) is 0.857. The van der Waals surface area contributed by atoms with Gasteiger partial charge in [0.2, 0.25) is 5.91 Å². The molecule has 1 amide bonds. The van der Waals surface area contributed by atoms with Crippen molar-refractivity contribution in [3.05, 3.63) is 0 Å². The Hall–Kier alpha value is -1.10. The molecule has 0 aliphatic carbocycles. The van der Waals surface area contributed by atoms with E-state index >= 15 is 0 Å². The highest BCUT2D eigenvalue weighted by atomic mass is 16.4. The molecule has 1 fully saturated rings. The van der Waals surface area contributed by atoms with E-state index in [1.165, 1.54) is 0 Å². The normalized spacial score (nSPS) is 23.7. The molecule has 0 saturated carbocycles. The van der Waals surface area contributed by atoms with Gasteiger partial charge in [-0.05, 0) is 31.2 Å². The highest BCUT2D eigenvalue weighted by molar-refractivity contribution is 5.73. The van der Waals surface area contributed by atoms with E-state index < -0.39 is 5.97 Å². The zero-order chi connectivity index (χ0) is 14.4. The lowest BCUT2D eigenvalue weighted by atomic mass is 9.91. The summed E-state index contributed by atoms with van der Waals surface area (Å²) < 4.78 is 0. The van der Waals surface area contributed by atoms with Crippen LogP contribution >= 0.6 is 0 Å². The molecule has 1 aliphatic rings. The van der Waals surface area contributed by atoms with Gasteiger partial charge in [0.05, 0.1) is 0 Å². The molecule has 5 heteroatoms. The highest BCUT2D eigenvalue weighted by Gasteiger charge is 2.29. The number of carboxylic acids is 1. The molecule has 1 saturated heterocycles. The van der Waals surface area contributed by atoms with Gasteiger partial charge in [-0.2, -0.15) is 0 Å². The molecule has 0 aromatic heterocycles. The minimum atomic E-state index is -0.781. The van der Waals surface area contributed by atoms with Crippen LogP contribution < -0.4 is 5.32 Å². The van der Waals surface area contributed by atoms with Crippen molar-refractivity contribution >= 4 is 11.9 Å². The molecule has 1 heterocycles. The summed E-state index contributed by atoms with van der Waals surface area (Å²) >= 11 is 0. The zero-order valence-electron chi connectivity index (χ0n) is 12.2. The Bertz CT molecular complexity index is 318. The van der Waals surface area contributed by atoms with Crippen LogP contribution in [-0.2, 0) is 9.59 Å². The number of likely N-dealkylation sites (tertiary alicyclic amines) is 1. The third-order valence-electron chi connectivity index (χ3n) is 3.60. The van der Waals surface area contributed by atoms with Crippen molar-refractivity contribution in [3.8, 4) is 0 Å². The van der Waals surface area contributed by atoms with Gasteiger partial charge in [0, 0.05) is 32.5 Å². The second-order valence-corrected chi connectivity index (χ2v) is 5.96. The van der Waals surface area contributed by atoms with Crippen molar-refractivity contribution in [2.75, 3.05) is 19.6 Å². The van der Waals surface area contributed by atoms with Crippen molar-refractivity contribution in [2.24, 2.45) is 11.8 Å². The molecular weight excluding hydrogens is 244 g/mol. The largest absolute Gasteiger partial charge is 0.481 e. The minimum absolute atomic E-state index is 0.0331. The maximum absolute atomic E-state index is 11.5. The fourth-order valence-electron chi connectivity index (χ4n) is 2.58. The van der Waals surface area contributed by atoms with E-state index in [1.807, 2.05) is 0 Å². The van der Waals surface area contributed by atoms with Gasteiger partial charge in [0.1, 0.15) is 0 Å². The maximum Gasteiger partial charge on any atom is 0.303 e. The molecule has 0 spiro atoms. The number of piperidine rings is 1. The van der Waals surface area contributed by atoms with Gasteiger partial charge in [-0.15, -0.1) is 0 Å². The molecular formula is C14H26N2O3. The first-order valence-corrected chi connectivity index (χ1v) is 7.09. The molecule has 0 aromatic rings. The number of aliphatic carboxylic acids is 1. The number of carbonyl (C=O) groups excluding carboxylic acids is 1. The average Bonchev–Trinajstić information content (AvgIpc) is 2.27. The van der Waals surface area contributed by atoms with Gasteiger partial charge in [0.15, 0.2) is 0 Å². The van der Waals surface area contributed by atoms with Crippen LogP contribution in [0.15, 0.2) is 0 Å². The Morgan fingerprint density at radius 2 is 2.05 bits per heavy atom. The van der Waals surface area contributed by atoms with Gasteiger partial charge < -0.3 is 15.3 Å². The predicted molar refractivity (Wildman–Crippen MR) is 73.9 cm³/mol. The molecule has 2 N–H and O–H groups in total. The summed E-state index contributed by atoms with van der Waals surface area (Å²) in [5, 5.41) is 12.4. The zero-order valence-corrected chi connectivity index (χ0v) is 12.2. The Labute approximate surface area is 115 Å². The second kappa shape index (κ2) is 7.48. The lowest BCUT2D eigenvalue weighted by molar-refractivity contribution is -0.140. The Morgan fingerprint density at radius 1 is 1.37 bits per heavy atom. The van der Waals surface area contributed by atoms with Crippen molar-refractivity contribution in [2.45, 2.75) is 46.1 Å². The third kappa shape index (κ3) is 6.05. The lowest BCUT2D eigenvalue weighted by Gasteiger charge is -2.37. The number of hydrogen-bond acceptors (Lipinski definition) is 3. The number of amides is 1. The highest BCUT2D eigenvalue weighted by Crippen LogP contribution is 2.20. The van der Waals surface area contributed by atoms with Crippen LogP contribution in [0.5, 0.6) is 0 Å². The lowest BCUT2D eigenvalue weighted by Crippen LogP contribution is -2.51. The maximum atomic E-state index is 11.5. The summed E-state index contributed by atoms with van der Waals surface area (Å²) in [5.41, 5.74) is 0. The monoisotopic (exact) mass is 270 g/mol. The van der Waals surface area contributed by atoms with E-state index in [9.17, 15) is 9.59 Å². The van der Waals surface area contributed by atoms with E-state index in [1.54, 1.807) is 11.8 Å². The SMILES string of the molecule is CC(=O)N1CC(CC(=O)O)CC(NCCC(C)C)C1. The number of carboxylic acid groups (broad SMARTS) is 1. The van der Waals surface area contributed by atoms with E-state index in [0.717, 1.165) is 19.4 Å². The van der Waals surface area contributed by atoms with Crippen molar-refractivity contribution in [3.63, 3.8) is 0 Å². The number of rotatable bonds is 6. The number of carbonyl (C=O) groups is 2. The molecule has 2 atom stereocenters. The molecule has 5 nitrogen and oxygen atoms in total. The summed E-state index contributed by atoms with van der Waals surface area (Å²) in [6.07, 6.45) is 2.08. The average molecular weight is 270 g/mol. The van der Waals surface area contributed by atoms with Gasteiger partial charge in [0.25, 0.3) is 0 Å². The van der Waals surface area contributed by atoms with Crippen molar-refractivity contribution in [1.82, 2.24) is 10.2 Å². The molecule has 1 rings (SSSR count). The molecule has 19 heavy (non-hydrogen) atoms. The first-order chi connectivity index (χ1) is 8.88. The summed E-state index contributed by atoms with van der Waals surface area (Å²) in [7, 11) is 0. The topological polar surface area (TPSA) is 69.6 Å². The van der Waals surface area contributed by atoms with E-state index in [2.05, 4.69) is 19.2 Å². The quantitative estimate of drug-likeness (QED) is 0.764. The first kappa shape index (κ1) is 16.0. The standard InChI is InChI=1S/C14H26N2O3/c1-10(2)4-5-15-13-6-12(7-14(18)19)8-16(9-13)11(3)17/h10,12-13,15H,4-9H2,1-3H3,(H,18,19). The molecule has 0 bridgehead atoms. The van der Waals surface area contributed by atoms with Crippen LogP contribution in [-0.4, -0.2) is 47.6 Å². The number of nitrogens with one attached hydrogen (secondary N) is 1. The Kier molecular flexibility index (Phi) is 6.28. The van der Waals surface area contributed by atoms with E-state index in [0.29, 0.717) is 19.0 Å². The predicted octanol–water partition coefficient (Wildman–Crippen LogP) is 1.33. The molecule has 0 radical (unpaired) electrons. The van der Waals surface area contributed by atoms with Crippen molar-refractivity contribution in [1.29, 1.82) is 0 Å². The Balaban J connectivity index is 2.49. The molecule has 0 aromatic carbocycles. The van der Waals surface area contributed by atoms with Crippen LogP contribution in [0, 0.1) is 11.8 Å². The summed E-state index contributed by atoms with van der Waals surface area (Å²) in [6.45, 7) is 8.10. The van der Waals surface area contributed by atoms with E-state index in [4.69, 9.17) is 5.11 Å². The summed E-state index contributed by atoms with van der Waals surface area (Å²) in [4.78, 5) is 24.1. The number of hydrogen-bond donors (Lipinski definition) is 2. The Morgan fingerprint density at radius 3 is 2.58 bits per heavy atom. The van der Waals surface area contributed by atoms with E-state index in [-0.39, 0.29) is 24.3 Å². The number of nitrogens with zero attached hydrogens (tertiary/aromatic N) is 1. The minimum Gasteiger partial charge on any atom is -0.481 e. The van der Waals surface area contributed by atoms with Crippen LogP contribution in [0.2, 0.25) is 0 Å². The van der Waals surface area contributed by atoms with Crippen LogP contribution in [0.3, 0.4) is 0 Å². The van der Waals surface area contributed by atoms with Crippen molar-refractivity contribution < 1.29 is 14.7 Å². The summed E-state index contributed by atoms with van der Waals surface area (Å²) in [5.74, 6) is -0.0383. The second-order valence-electron chi connectivity index (χ2n) is 5.96. The third-order valence-corrected chi connectivity index (χ3v) is 3.60. The van der Waals surface area contributed by atoms with Gasteiger partial charge in [-0.1, -0.05) is 13.8 Å². The first-order valence-electron chi connectivity index (χ1n) is 7.09. The van der Waals surface area contributed by atoms with Crippen LogP contribution in [0.4, 0.5) is 0 Å².